The van der Waals surface area contributed by atoms with Crippen LogP contribution in [0.2, 0.25) is 0 Å². The molecule has 0 aliphatic rings. The predicted molar refractivity (Wildman–Crippen MR) is 97.2 cm³/mol. The molecule has 3 aromatic carbocycles. The number of nitrogens with zero attached hydrogens (tertiary/aromatic N) is 1. The zero-order valence-corrected chi connectivity index (χ0v) is 14.5. The van der Waals surface area contributed by atoms with Gasteiger partial charge in [-0.05, 0) is 47.6 Å². The van der Waals surface area contributed by atoms with E-state index >= 15 is 0 Å². The third kappa shape index (κ3) is 3.43. The number of hydrogen-bond acceptors (Lipinski definition) is 1. The largest absolute Gasteiger partial charge is 0.206 e. The van der Waals surface area contributed by atoms with Crippen LogP contribution in [0.3, 0.4) is 0 Å². The van der Waals surface area contributed by atoms with E-state index in [0.717, 1.165) is 37.3 Å². The zero-order chi connectivity index (χ0) is 18.7. The average Bonchev–Trinajstić information content (AvgIpc) is 2.62. The van der Waals surface area contributed by atoms with Crippen molar-refractivity contribution in [3.8, 4) is 17.2 Å². The second-order valence-corrected chi connectivity index (χ2v) is 6.37. The fourth-order valence-corrected chi connectivity index (χ4v) is 3.13. The summed E-state index contributed by atoms with van der Waals surface area (Å²) < 4.78 is 42.6. The Morgan fingerprint density at radius 2 is 1.73 bits per heavy atom. The summed E-state index contributed by atoms with van der Waals surface area (Å²) in [5.41, 5.74) is 1.26. The van der Waals surface area contributed by atoms with Crippen LogP contribution >= 0.6 is 0 Å². The predicted octanol–water partition coefficient (Wildman–Crippen LogP) is 6.53. The van der Waals surface area contributed by atoms with Crippen LogP contribution in [-0.2, 0) is 6.42 Å². The molecule has 3 aromatic rings. The minimum atomic E-state index is -0.915. The molecule has 0 saturated carbocycles. The highest BCUT2D eigenvalue weighted by Crippen LogP contribution is 2.30. The van der Waals surface area contributed by atoms with Gasteiger partial charge in [-0.3, -0.25) is 0 Å². The van der Waals surface area contributed by atoms with Gasteiger partial charge in [0, 0.05) is 10.9 Å². The van der Waals surface area contributed by atoms with E-state index in [1.54, 1.807) is 12.1 Å². The van der Waals surface area contributed by atoms with Crippen molar-refractivity contribution < 1.29 is 13.2 Å². The zero-order valence-electron chi connectivity index (χ0n) is 14.5. The number of rotatable bonds is 5. The lowest BCUT2D eigenvalue weighted by atomic mass is 9.97. The van der Waals surface area contributed by atoms with Gasteiger partial charge >= 0.3 is 0 Å². The molecule has 0 fully saturated rings. The molecule has 26 heavy (non-hydrogen) atoms. The Morgan fingerprint density at radius 3 is 2.42 bits per heavy atom. The van der Waals surface area contributed by atoms with E-state index < -0.39 is 17.2 Å². The molecule has 0 unspecified atom stereocenters. The van der Waals surface area contributed by atoms with Gasteiger partial charge in [0.1, 0.15) is 23.3 Å². The van der Waals surface area contributed by atoms with E-state index in [1.165, 1.54) is 24.3 Å². The van der Waals surface area contributed by atoms with Crippen molar-refractivity contribution in [1.82, 2.24) is 0 Å². The van der Waals surface area contributed by atoms with Crippen molar-refractivity contribution in [2.75, 3.05) is 0 Å². The molecular weight excluding hydrogens is 335 g/mol. The van der Waals surface area contributed by atoms with Crippen molar-refractivity contribution in [3.63, 3.8) is 0 Å². The van der Waals surface area contributed by atoms with Crippen molar-refractivity contribution in [2.45, 2.75) is 32.6 Å². The number of aryl methyl sites for hydroxylation is 1. The Kier molecular flexibility index (Phi) is 5.27. The standard InChI is InChI=1S/C22H18F3N/c1-2-3-4-5-14-6-8-17(20(23)10-14)15-7-9-18-16(11-15)12-21(24)19(13-26)22(18)25/h6-12H,2-5H2,1H3. The molecule has 3 rings (SSSR count). The average molecular weight is 353 g/mol. The van der Waals surface area contributed by atoms with Crippen LogP contribution in [0.5, 0.6) is 0 Å². The molecule has 0 amide bonds. The molecule has 4 heteroatoms. The maximum Gasteiger partial charge on any atom is 0.151 e. The Morgan fingerprint density at radius 1 is 0.923 bits per heavy atom. The van der Waals surface area contributed by atoms with E-state index in [2.05, 4.69) is 6.92 Å². The third-order valence-corrected chi connectivity index (χ3v) is 4.55. The molecule has 1 nitrogen and oxygen atoms in total. The highest BCUT2D eigenvalue weighted by Gasteiger charge is 2.15. The van der Waals surface area contributed by atoms with E-state index in [9.17, 15) is 13.2 Å². The first-order valence-electron chi connectivity index (χ1n) is 8.65. The van der Waals surface area contributed by atoms with E-state index in [1.807, 2.05) is 6.07 Å². The van der Waals surface area contributed by atoms with Gasteiger partial charge in [0.15, 0.2) is 5.82 Å². The minimum Gasteiger partial charge on any atom is -0.206 e. The molecule has 132 valence electrons. The number of hydrogen-bond donors (Lipinski definition) is 0. The van der Waals surface area contributed by atoms with Crippen LogP contribution in [0.1, 0.15) is 37.3 Å². The highest BCUT2D eigenvalue weighted by atomic mass is 19.1. The van der Waals surface area contributed by atoms with Crippen LogP contribution < -0.4 is 0 Å². The molecule has 0 bridgehead atoms. The van der Waals surface area contributed by atoms with Crippen molar-refractivity contribution in [1.29, 1.82) is 5.26 Å². The molecule has 0 aliphatic carbocycles. The van der Waals surface area contributed by atoms with Gasteiger partial charge in [0.25, 0.3) is 0 Å². The molecular formula is C22H18F3N. The molecule has 0 spiro atoms. The quantitative estimate of drug-likeness (QED) is 0.479. The molecule has 0 aromatic heterocycles. The fourth-order valence-electron chi connectivity index (χ4n) is 3.13. The molecule has 0 radical (unpaired) electrons. The summed E-state index contributed by atoms with van der Waals surface area (Å²) >= 11 is 0. The first-order valence-corrected chi connectivity index (χ1v) is 8.65. The molecule has 0 saturated heterocycles. The lowest BCUT2D eigenvalue weighted by Gasteiger charge is -2.09. The van der Waals surface area contributed by atoms with E-state index in [-0.39, 0.29) is 11.2 Å². The smallest absolute Gasteiger partial charge is 0.151 e. The van der Waals surface area contributed by atoms with Gasteiger partial charge in [0.05, 0.1) is 0 Å². The lowest BCUT2D eigenvalue weighted by molar-refractivity contribution is 0.585. The minimum absolute atomic E-state index is 0.142. The van der Waals surface area contributed by atoms with E-state index in [4.69, 9.17) is 5.26 Å². The van der Waals surface area contributed by atoms with Crippen LogP contribution in [0, 0.1) is 28.8 Å². The van der Waals surface area contributed by atoms with Gasteiger partial charge in [-0.25, -0.2) is 13.2 Å². The van der Waals surface area contributed by atoms with Crippen LogP contribution in [0.25, 0.3) is 21.9 Å². The Labute approximate surface area is 150 Å². The maximum atomic E-state index is 14.5. The van der Waals surface area contributed by atoms with Crippen LogP contribution in [-0.4, -0.2) is 0 Å². The van der Waals surface area contributed by atoms with Gasteiger partial charge in [0.2, 0.25) is 0 Å². The van der Waals surface area contributed by atoms with E-state index in [0.29, 0.717) is 16.5 Å². The first kappa shape index (κ1) is 18.0. The summed E-state index contributed by atoms with van der Waals surface area (Å²) in [4.78, 5) is 0. The SMILES string of the molecule is CCCCCc1ccc(-c2ccc3c(F)c(C#N)c(F)cc3c2)c(F)c1. The third-order valence-electron chi connectivity index (χ3n) is 4.55. The summed E-state index contributed by atoms with van der Waals surface area (Å²) in [6.45, 7) is 2.12. The van der Waals surface area contributed by atoms with Crippen molar-refractivity contribution in [2.24, 2.45) is 0 Å². The van der Waals surface area contributed by atoms with Gasteiger partial charge in [-0.15, -0.1) is 0 Å². The Hall–Kier alpha value is -2.80. The van der Waals surface area contributed by atoms with Crippen LogP contribution in [0.4, 0.5) is 13.2 Å². The second-order valence-electron chi connectivity index (χ2n) is 6.37. The first-order chi connectivity index (χ1) is 12.5. The summed E-state index contributed by atoms with van der Waals surface area (Å²) in [7, 11) is 0. The van der Waals surface area contributed by atoms with Gasteiger partial charge < -0.3 is 0 Å². The fraction of sp³-hybridized carbons (Fsp3) is 0.227. The molecule has 0 heterocycles. The monoisotopic (exact) mass is 353 g/mol. The summed E-state index contributed by atoms with van der Waals surface area (Å²) in [5, 5.41) is 9.29. The summed E-state index contributed by atoms with van der Waals surface area (Å²) in [6, 6.07) is 12.3. The Bertz CT molecular complexity index is 1000. The summed E-state index contributed by atoms with van der Waals surface area (Å²) in [6.07, 6.45) is 4.06. The van der Waals surface area contributed by atoms with Crippen LogP contribution in [0.15, 0.2) is 42.5 Å². The molecule has 0 aliphatic heterocycles. The van der Waals surface area contributed by atoms with Crippen molar-refractivity contribution >= 4 is 10.8 Å². The molecule has 0 N–H and O–H groups in total. The van der Waals surface area contributed by atoms with Crippen molar-refractivity contribution in [3.05, 3.63) is 71.0 Å². The number of unbranched alkanes of at least 4 members (excludes halogenated alkanes) is 2. The molecule has 0 atom stereocenters. The summed E-state index contributed by atoms with van der Waals surface area (Å²) in [5.74, 6) is -2.16. The lowest BCUT2D eigenvalue weighted by Crippen LogP contribution is -1.94. The number of benzene rings is 3. The number of nitriles is 1. The van der Waals surface area contributed by atoms with Gasteiger partial charge in [-0.1, -0.05) is 44.0 Å². The topological polar surface area (TPSA) is 23.8 Å². The highest BCUT2D eigenvalue weighted by molar-refractivity contribution is 5.89. The normalized spacial score (nSPS) is 10.9. The number of halogens is 3. The number of fused-ring (bicyclic) bond motifs is 1. The Balaban J connectivity index is 1.99. The second kappa shape index (κ2) is 7.61. The maximum absolute atomic E-state index is 14.5. The van der Waals surface area contributed by atoms with Gasteiger partial charge in [-0.2, -0.15) is 5.26 Å².